The zero-order valence-corrected chi connectivity index (χ0v) is 20.0. The average Bonchev–Trinajstić information content (AvgIpc) is 3.50. The highest BCUT2D eigenvalue weighted by Gasteiger charge is 2.47. The Morgan fingerprint density at radius 3 is 2.81 bits per heavy atom. The molecule has 1 spiro atoms. The number of nitrogens with zero attached hydrogens (tertiary/aromatic N) is 5. The van der Waals surface area contributed by atoms with Gasteiger partial charge in [0.05, 0.1) is 5.69 Å². The van der Waals surface area contributed by atoms with E-state index in [1.165, 1.54) is 4.90 Å². The van der Waals surface area contributed by atoms with Crippen LogP contribution in [-0.2, 0) is 23.4 Å². The third-order valence-corrected chi connectivity index (χ3v) is 8.58. The zero-order chi connectivity index (χ0) is 22.5. The van der Waals surface area contributed by atoms with Gasteiger partial charge in [0, 0.05) is 68.8 Å². The van der Waals surface area contributed by atoms with Crippen molar-refractivity contribution in [1.82, 2.24) is 24.2 Å². The van der Waals surface area contributed by atoms with Crippen LogP contribution in [0.4, 0.5) is 4.79 Å². The number of carboxylic acid groups (broad SMARTS) is 1. The number of rotatable bonds is 6. The monoisotopic (exact) mass is 453 g/mol. The van der Waals surface area contributed by atoms with Crippen LogP contribution in [0.15, 0.2) is 30.6 Å². The molecule has 32 heavy (non-hydrogen) atoms. The second-order valence-corrected chi connectivity index (χ2v) is 16.0. The van der Waals surface area contributed by atoms with Gasteiger partial charge in [-0.1, -0.05) is 19.6 Å². The summed E-state index contributed by atoms with van der Waals surface area (Å²) in [5, 5.41) is 15.3. The van der Waals surface area contributed by atoms with E-state index in [1.807, 2.05) is 17.0 Å². The molecule has 1 unspecified atom stereocenters. The van der Waals surface area contributed by atoms with E-state index in [0.29, 0.717) is 19.8 Å². The van der Waals surface area contributed by atoms with E-state index in [1.54, 1.807) is 0 Å². The van der Waals surface area contributed by atoms with Crippen LogP contribution in [0.2, 0.25) is 25.7 Å². The predicted octanol–water partition coefficient (Wildman–Crippen LogP) is 4.24. The first-order valence-electron chi connectivity index (χ1n) is 11.3. The summed E-state index contributed by atoms with van der Waals surface area (Å²) in [5.74, 6) is 0. The fourth-order valence-corrected chi connectivity index (χ4v) is 5.67. The van der Waals surface area contributed by atoms with Crippen molar-refractivity contribution in [2.45, 2.75) is 57.2 Å². The number of carbonyl (C=O) groups is 1. The van der Waals surface area contributed by atoms with E-state index in [9.17, 15) is 9.90 Å². The Labute approximate surface area is 188 Å². The van der Waals surface area contributed by atoms with Crippen LogP contribution >= 0.6 is 0 Å². The number of fused-ring (bicyclic) bond motifs is 3. The minimum absolute atomic E-state index is 0.0995. The molecule has 9 heteroatoms. The third-order valence-electron chi connectivity index (χ3n) is 6.87. The molecule has 5 rings (SSSR count). The van der Waals surface area contributed by atoms with Gasteiger partial charge in [-0.05, 0) is 37.1 Å². The average molecular weight is 454 g/mol. The van der Waals surface area contributed by atoms with Crippen LogP contribution in [0.5, 0.6) is 0 Å². The highest BCUT2D eigenvalue weighted by molar-refractivity contribution is 6.76. The SMILES string of the molecule is C[Si](C)(C)CCOCn1ccc2cc(-c3cc4n(n3)CCC43CCN(C(=O)O)C3)cnc21. The number of amides is 1. The van der Waals surface area contributed by atoms with Crippen LogP contribution in [0.1, 0.15) is 18.5 Å². The molecule has 0 saturated carbocycles. The second kappa shape index (κ2) is 7.74. The first-order chi connectivity index (χ1) is 15.2. The topological polar surface area (TPSA) is 85.4 Å². The smallest absolute Gasteiger partial charge is 0.407 e. The van der Waals surface area contributed by atoms with Gasteiger partial charge >= 0.3 is 6.09 Å². The van der Waals surface area contributed by atoms with Crippen molar-refractivity contribution in [3.05, 3.63) is 36.3 Å². The van der Waals surface area contributed by atoms with Gasteiger partial charge in [0.25, 0.3) is 0 Å². The van der Waals surface area contributed by atoms with E-state index in [2.05, 4.69) is 42.5 Å². The maximum absolute atomic E-state index is 11.4. The van der Waals surface area contributed by atoms with E-state index in [4.69, 9.17) is 14.8 Å². The number of hydrogen-bond acceptors (Lipinski definition) is 4. The highest BCUT2D eigenvalue weighted by atomic mass is 28.3. The summed E-state index contributed by atoms with van der Waals surface area (Å²) < 4.78 is 10.00. The van der Waals surface area contributed by atoms with Crippen molar-refractivity contribution < 1.29 is 14.6 Å². The van der Waals surface area contributed by atoms with Gasteiger partial charge in [-0.25, -0.2) is 9.78 Å². The summed E-state index contributed by atoms with van der Waals surface area (Å²) in [6, 6.07) is 7.49. The standard InChI is InChI=1S/C23H31N5O3Si/c1-32(2,3)11-10-31-16-27-7-4-17-12-18(14-24-21(17)27)19-13-20-23(6-9-28(20)25-19)5-8-26(15-23)22(29)30/h4,7,12-14H,5-6,8-11,15-16H2,1-3H3,(H,29,30). The van der Waals surface area contributed by atoms with Crippen LogP contribution in [-0.4, -0.2) is 63.2 Å². The van der Waals surface area contributed by atoms with Gasteiger partial charge in [-0.2, -0.15) is 5.10 Å². The molecule has 3 aromatic rings. The first-order valence-corrected chi connectivity index (χ1v) is 15.0. The molecule has 1 saturated heterocycles. The molecule has 5 heterocycles. The lowest BCUT2D eigenvalue weighted by Crippen LogP contribution is -2.32. The molecule has 1 atom stereocenters. The predicted molar refractivity (Wildman–Crippen MR) is 126 cm³/mol. The van der Waals surface area contributed by atoms with Gasteiger partial charge < -0.3 is 19.3 Å². The number of aryl methyl sites for hydroxylation is 1. The van der Waals surface area contributed by atoms with Crippen molar-refractivity contribution in [3.8, 4) is 11.3 Å². The van der Waals surface area contributed by atoms with Crippen LogP contribution < -0.4 is 0 Å². The second-order valence-electron chi connectivity index (χ2n) is 10.4. The number of aromatic nitrogens is 4. The highest BCUT2D eigenvalue weighted by Crippen LogP contribution is 2.43. The Bertz CT molecular complexity index is 1160. The molecule has 0 aromatic carbocycles. The number of pyridine rings is 1. The number of hydrogen-bond donors (Lipinski definition) is 1. The number of ether oxygens (including phenoxy) is 1. The molecule has 3 aromatic heterocycles. The van der Waals surface area contributed by atoms with Crippen LogP contribution in [0.25, 0.3) is 22.3 Å². The maximum Gasteiger partial charge on any atom is 0.407 e. The Morgan fingerprint density at radius 1 is 1.25 bits per heavy atom. The molecule has 170 valence electrons. The van der Waals surface area contributed by atoms with Gasteiger partial charge in [0.15, 0.2) is 0 Å². The molecular formula is C23H31N5O3Si. The molecule has 2 aliphatic heterocycles. The van der Waals surface area contributed by atoms with Gasteiger partial charge in [0.1, 0.15) is 12.4 Å². The van der Waals surface area contributed by atoms with Gasteiger partial charge in [-0.3, -0.25) is 4.68 Å². The normalized spacial score (nSPS) is 20.5. The van der Waals surface area contributed by atoms with Crippen LogP contribution in [0, 0.1) is 0 Å². The summed E-state index contributed by atoms with van der Waals surface area (Å²) in [6.07, 6.45) is 4.89. The summed E-state index contributed by atoms with van der Waals surface area (Å²) in [4.78, 5) is 17.7. The van der Waals surface area contributed by atoms with E-state index in [0.717, 1.165) is 60.0 Å². The summed E-state index contributed by atoms with van der Waals surface area (Å²) >= 11 is 0. The quantitative estimate of drug-likeness (QED) is 0.446. The van der Waals surface area contributed by atoms with Crippen molar-refractivity contribution >= 4 is 25.2 Å². The fraction of sp³-hybridized carbons (Fsp3) is 0.522. The largest absolute Gasteiger partial charge is 0.465 e. The van der Waals surface area contributed by atoms with Crippen LogP contribution in [0.3, 0.4) is 0 Å². The van der Waals surface area contributed by atoms with Gasteiger partial charge in [0.2, 0.25) is 0 Å². The first kappa shape index (κ1) is 21.2. The van der Waals surface area contributed by atoms with Crippen molar-refractivity contribution in [3.63, 3.8) is 0 Å². The summed E-state index contributed by atoms with van der Waals surface area (Å²) in [7, 11) is -1.09. The Morgan fingerprint density at radius 2 is 2.06 bits per heavy atom. The Hall–Kier alpha value is -2.65. The molecule has 0 radical (unpaired) electrons. The van der Waals surface area contributed by atoms with E-state index >= 15 is 0 Å². The molecule has 0 bridgehead atoms. The lowest BCUT2D eigenvalue weighted by Gasteiger charge is -2.21. The van der Waals surface area contributed by atoms with E-state index in [-0.39, 0.29) is 5.41 Å². The van der Waals surface area contributed by atoms with Crippen molar-refractivity contribution in [1.29, 1.82) is 0 Å². The number of likely N-dealkylation sites (tertiary alicyclic amines) is 1. The third kappa shape index (κ3) is 3.84. The van der Waals surface area contributed by atoms with E-state index < -0.39 is 14.2 Å². The van der Waals surface area contributed by atoms with Crippen molar-refractivity contribution in [2.75, 3.05) is 19.7 Å². The van der Waals surface area contributed by atoms with Gasteiger partial charge in [-0.15, -0.1) is 0 Å². The lowest BCUT2D eigenvalue weighted by molar-refractivity contribution is 0.0899. The minimum atomic E-state index is -1.09. The fourth-order valence-electron chi connectivity index (χ4n) is 4.92. The molecule has 2 aliphatic rings. The molecule has 1 amide bonds. The Kier molecular flexibility index (Phi) is 5.13. The molecule has 1 fully saturated rings. The molecular weight excluding hydrogens is 422 g/mol. The lowest BCUT2D eigenvalue weighted by atomic mass is 9.82. The molecule has 0 aliphatic carbocycles. The molecule has 8 nitrogen and oxygen atoms in total. The zero-order valence-electron chi connectivity index (χ0n) is 19.0. The maximum atomic E-state index is 11.4. The summed E-state index contributed by atoms with van der Waals surface area (Å²) in [6.45, 7) is 10.4. The molecule has 1 N–H and O–H groups in total. The summed E-state index contributed by atoms with van der Waals surface area (Å²) in [5.41, 5.74) is 3.86. The van der Waals surface area contributed by atoms with Crippen molar-refractivity contribution in [2.24, 2.45) is 0 Å². The minimum Gasteiger partial charge on any atom is -0.465 e. The Balaban J connectivity index is 1.33.